The zero-order valence-electron chi connectivity index (χ0n) is 16.9. The van der Waals surface area contributed by atoms with Gasteiger partial charge in [-0.1, -0.05) is 84.6 Å². The smallest absolute Gasteiger partial charge is 0.262 e. The van der Waals surface area contributed by atoms with Crippen LogP contribution in [-0.2, 0) is 0 Å². The largest absolute Gasteiger partial charge is 0.293 e. The van der Waals surface area contributed by atoms with E-state index in [1.165, 1.54) is 11.8 Å². The predicted molar refractivity (Wildman–Crippen MR) is 122 cm³/mol. The van der Waals surface area contributed by atoms with E-state index in [1.54, 1.807) is 10.6 Å². The molecule has 0 radical (unpaired) electrons. The zero-order valence-corrected chi connectivity index (χ0v) is 17.7. The van der Waals surface area contributed by atoms with Gasteiger partial charge in [0.1, 0.15) is 5.25 Å². The van der Waals surface area contributed by atoms with Crippen LogP contribution in [0.5, 0.6) is 0 Å². The van der Waals surface area contributed by atoms with Crippen LogP contribution < -0.4 is 5.56 Å². The Kier molecular flexibility index (Phi) is 5.81. The second kappa shape index (κ2) is 8.67. The number of fused-ring (bicyclic) bond motifs is 1. The van der Waals surface area contributed by atoms with Crippen molar-refractivity contribution in [3.63, 3.8) is 0 Å². The Balaban J connectivity index is 1.86. The molecule has 0 spiro atoms. The highest BCUT2D eigenvalue weighted by molar-refractivity contribution is 8.00. The molecule has 1 atom stereocenters. The molecule has 0 bridgehead atoms. The summed E-state index contributed by atoms with van der Waals surface area (Å²) in [5.41, 5.74) is 2.07. The summed E-state index contributed by atoms with van der Waals surface area (Å²) in [4.78, 5) is 31.4. The van der Waals surface area contributed by atoms with Crippen LogP contribution in [0.3, 0.4) is 0 Å². The number of carbonyl (C=O) groups is 1. The van der Waals surface area contributed by atoms with Crippen LogP contribution in [0, 0.1) is 0 Å². The molecule has 0 aliphatic heterocycles. The van der Waals surface area contributed by atoms with Crippen molar-refractivity contribution >= 4 is 28.4 Å². The van der Waals surface area contributed by atoms with Crippen molar-refractivity contribution in [1.82, 2.24) is 9.55 Å². The molecule has 4 nitrogen and oxygen atoms in total. The van der Waals surface area contributed by atoms with Crippen molar-refractivity contribution < 1.29 is 4.79 Å². The van der Waals surface area contributed by atoms with E-state index in [1.807, 2.05) is 92.7 Å². The molecule has 1 unspecified atom stereocenters. The lowest BCUT2D eigenvalue weighted by atomic mass is 10.0. The van der Waals surface area contributed by atoms with E-state index < -0.39 is 5.25 Å². The Labute approximate surface area is 179 Å². The van der Waals surface area contributed by atoms with Crippen molar-refractivity contribution in [3.8, 4) is 0 Å². The van der Waals surface area contributed by atoms with Crippen LogP contribution in [0.1, 0.15) is 41.1 Å². The molecule has 4 aromatic rings. The lowest BCUT2D eigenvalue weighted by Crippen LogP contribution is -2.25. The lowest BCUT2D eigenvalue weighted by molar-refractivity contribution is 0.0989. The first-order valence-corrected chi connectivity index (χ1v) is 10.8. The zero-order chi connectivity index (χ0) is 21.1. The van der Waals surface area contributed by atoms with Crippen LogP contribution in [0.25, 0.3) is 10.9 Å². The average Bonchev–Trinajstić information content (AvgIpc) is 2.78. The molecule has 3 aromatic carbocycles. The van der Waals surface area contributed by atoms with E-state index in [4.69, 9.17) is 4.98 Å². The number of nitrogens with zero attached hydrogens (tertiary/aromatic N) is 2. The molecule has 0 aliphatic rings. The van der Waals surface area contributed by atoms with Gasteiger partial charge in [-0.2, -0.15) is 0 Å². The summed E-state index contributed by atoms with van der Waals surface area (Å²) in [7, 11) is 0. The number of aromatic nitrogens is 2. The van der Waals surface area contributed by atoms with Gasteiger partial charge in [0, 0.05) is 11.6 Å². The van der Waals surface area contributed by atoms with E-state index >= 15 is 0 Å². The van der Waals surface area contributed by atoms with Crippen molar-refractivity contribution in [2.75, 3.05) is 0 Å². The van der Waals surface area contributed by atoms with Gasteiger partial charge in [-0.05, 0) is 31.5 Å². The second-order valence-electron chi connectivity index (χ2n) is 7.32. The Hall–Kier alpha value is -3.18. The summed E-state index contributed by atoms with van der Waals surface area (Å²) < 4.78 is 1.68. The van der Waals surface area contributed by atoms with Gasteiger partial charge in [-0.3, -0.25) is 14.2 Å². The summed E-state index contributed by atoms with van der Waals surface area (Å²) in [6.45, 7) is 3.91. The fraction of sp³-hybridized carbons (Fsp3) is 0.160. The third kappa shape index (κ3) is 3.94. The molecule has 1 aromatic heterocycles. The Bertz CT molecular complexity index is 1230. The van der Waals surface area contributed by atoms with Gasteiger partial charge in [0.05, 0.1) is 10.9 Å². The molecule has 5 heteroatoms. The monoisotopic (exact) mass is 414 g/mol. The third-order valence-electron chi connectivity index (χ3n) is 4.91. The topological polar surface area (TPSA) is 52.0 Å². The number of Topliss-reactive ketones (excluding diaryl/α,β-unsaturated/α-hetero) is 1. The number of benzene rings is 3. The first-order valence-electron chi connectivity index (χ1n) is 9.88. The first kappa shape index (κ1) is 20.1. The number of para-hydroxylation sites is 1. The molecule has 1 heterocycles. The van der Waals surface area contributed by atoms with E-state index in [-0.39, 0.29) is 17.4 Å². The van der Waals surface area contributed by atoms with E-state index in [0.717, 1.165) is 5.56 Å². The number of thioether (sulfide) groups is 1. The molecule has 0 N–H and O–H groups in total. The Morgan fingerprint density at radius 1 is 0.867 bits per heavy atom. The number of hydrogen-bond donors (Lipinski definition) is 0. The second-order valence-corrected chi connectivity index (χ2v) is 8.39. The van der Waals surface area contributed by atoms with Crippen molar-refractivity contribution in [1.29, 1.82) is 0 Å². The molecule has 4 rings (SSSR count). The number of ketones is 1. The van der Waals surface area contributed by atoms with Crippen LogP contribution in [0.15, 0.2) is 94.9 Å². The van der Waals surface area contributed by atoms with Gasteiger partial charge in [0.25, 0.3) is 5.56 Å². The fourth-order valence-corrected chi connectivity index (χ4v) is 4.73. The van der Waals surface area contributed by atoms with Crippen LogP contribution in [0.4, 0.5) is 0 Å². The van der Waals surface area contributed by atoms with Gasteiger partial charge in [0.2, 0.25) is 0 Å². The molecule has 0 saturated carbocycles. The first-order chi connectivity index (χ1) is 14.6. The maximum absolute atomic E-state index is 13.4. The quantitative estimate of drug-likeness (QED) is 0.231. The SMILES string of the molecule is CC(C)n1c(SC(C(=O)c2ccccc2)c2ccccc2)nc2ccccc2c1=O. The maximum Gasteiger partial charge on any atom is 0.262 e. The standard InChI is InChI=1S/C25H22N2O2S/c1-17(2)27-24(29)20-15-9-10-16-21(20)26-25(27)30-23(19-13-7-4-8-14-19)22(28)18-11-5-3-6-12-18/h3-17,23H,1-2H3. The van der Waals surface area contributed by atoms with Gasteiger partial charge in [-0.25, -0.2) is 4.98 Å². The average molecular weight is 415 g/mol. The van der Waals surface area contributed by atoms with Crippen LogP contribution >= 0.6 is 11.8 Å². The molecular weight excluding hydrogens is 392 g/mol. The summed E-state index contributed by atoms with van der Waals surface area (Å²) in [6.07, 6.45) is 0. The molecular formula is C25H22N2O2S. The summed E-state index contributed by atoms with van der Waals surface area (Å²) in [6, 6.07) is 26.2. The van der Waals surface area contributed by atoms with Gasteiger partial charge < -0.3 is 0 Å². The minimum absolute atomic E-state index is 0.00971. The van der Waals surface area contributed by atoms with Gasteiger partial charge in [-0.15, -0.1) is 0 Å². The van der Waals surface area contributed by atoms with Crippen molar-refractivity contribution in [3.05, 3.63) is 106 Å². The number of hydrogen-bond acceptors (Lipinski definition) is 4. The molecule has 30 heavy (non-hydrogen) atoms. The molecule has 0 fully saturated rings. The van der Waals surface area contributed by atoms with E-state index in [0.29, 0.717) is 21.6 Å². The van der Waals surface area contributed by atoms with Crippen molar-refractivity contribution in [2.24, 2.45) is 0 Å². The molecule has 0 amide bonds. The highest BCUT2D eigenvalue weighted by atomic mass is 32.2. The number of carbonyl (C=O) groups excluding carboxylic acids is 1. The van der Waals surface area contributed by atoms with Crippen LogP contribution in [-0.4, -0.2) is 15.3 Å². The summed E-state index contributed by atoms with van der Waals surface area (Å²) >= 11 is 1.33. The molecule has 0 aliphatic carbocycles. The minimum Gasteiger partial charge on any atom is -0.293 e. The normalized spacial score (nSPS) is 12.2. The highest BCUT2D eigenvalue weighted by Gasteiger charge is 2.26. The fourth-order valence-electron chi connectivity index (χ4n) is 3.42. The summed E-state index contributed by atoms with van der Waals surface area (Å²) in [5.74, 6) is -0.00971. The predicted octanol–water partition coefficient (Wildman–Crippen LogP) is 5.69. The molecule has 0 saturated heterocycles. The van der Waals surface area contributed by atoms with Gasteiger partial charge in [0.15, 0.2) is 10.9 Å². The van der Waals surface area contributed by atoms with Gasteiger partial charge >= 0.3 is 0 Å². The third-order valence-corrected chi connectivity index (χ3v) is 6.13. The maximum atomic E-state index is 13.4. The summed E-state index contributed by atoms with van der Waals surface area (Å²) in [5, 5.41) is 0.625. The van der Waals surface area contributed by atoms with Crippen LogP contribution in [0.2, 0.25) is 0 Å². The Morgan fingerprint density at radius 3 is 2.13 bits per heavy atom. The van der Waals surface area contributed by atoms with Crippen molar-refractivity contribution in [2.45, 2.75) is 30.3 Å². The minimum atomic E-state index is -0.508. The molecule has 150 valence electrons. The van der Waals surface area contributed by atoms with E-state index in [2.05, 4.69) is 0 Å². The Morgan fingerprint density at radius 2 is 1.47 bits per heavy atom. The lowest BCUT2D eigenvalue weighted by Gasteiger charge is -2.20. The van der Waals surface area contributed by atoms with E-state index in [9.17, 15) is 9.59 Å². The highest BCUT2D eigenvalue weighted by Crippen LogP contribution is 2.37. The number of rotatable bonds is 6.